The number of pyridine rings is 1. The summed E-state index contributed by atoms with van der Waals surface area (Å²) in [5.74, 6) is -0.889. The average Bonchev–Trinajstić information content (AvgIpc) is 2.60. The van der Waals surface area contributed by atoms with Crippen molar-refractivity contribution in [3.8, 4) is 5.88 Å². The molecular weight excluding hydrogens is 399 g/mol. The molecule has 7 nitrogen and oxygen atoms in total. The number of para-hydroxylation sites is 2. The van der Waals surface area contributed by atoms with Crippen LogP contribution in [0, 0.1) is 0 Å². The number of aromatic nitrogens is 1. The Morgan fingerprint density at radius 3 is 2.46 bits per heavy atom. The Kier molecular flexibility index (Phi) is 4.74. The second-order valence-electron chi connectivity index (χ2n) is 6.54. The van der Waals surface area contributed by atoms with Crippen molar-refractivity contribution in [2.45, 2.75) is 30.5 Å². The van der Waals surface area contributed by atoms with Crippen LogP contribution in [0.5, 0.6) is 5.88 Å². The number of nitrogens with one attached hydrogen (secondary N) is 1. The van der Waals surface area contributed by atoms with Gasteiger partial charge in [-0.3, -0.25) is 4.79 Å². The lowest BCUT2D eigenvalue weighted by Gasteiger charge is -2.42. The molecule has 3 rings (SSSR count). The molecule has 0 aliphatic carbocycles. The molecular formula is C17H16F3N3O4S. The summed E-state index contributed by atoms with van der Waals surface area (Å²) in [5.41, 5.74) is -0.850. The molecule has 2 aromatic rings. The van der Waals surface area contributed by atoms with Gasteiger partial charge in [0.05, 0.1) is 17.6 Å². The monoisotopic (exact) mass is 415 g/mol. The van der Waals surface area contributed by atoms with Gasteiger partial charge in [0, 0.05) is 6.07 Å². The van der Waals surface area contributed by atoms with Gasteiger partial charge in [0.1, 0.15) is 10.4 Å². The first-order valence-electron chi connectivity index (χ1n) is 8.04. The number of carbonyl (C=O) groups excluding carboxylic acids is 1. The number of carbonyl (C=O) groups is 1. The van der Waals surface area contributed by atoms with Crippen LogP contribution < -0.4 is 14.4 Å². The molecule has 11 heteroatoms. The molecule has 0 saturated heterocycles. The number of amides is 1. The molecule has 2 heterocycles. The summed E-state index contributed by atoms with van der Waals surface area (Å²) in [5, 5.41) is 2.66. The van der Waals surface area contributed by atoms with Crippen LogP contribution >= 0.6 is 0 Å². The third-order valence-electron chi connectivity index (χ3n) is 4.07. The van der Waals surface area contributed by atoms with Crippen LogP contribution in [-0.2, 0) is 14.8 Å². The molecule has 0 unspecified atom stereocenters. The highest BCUT2D eigenvalue weighted by Crippen LogP contribution is 2.40. The zero-order valence-corrected chi connectivity index (χ0v) is 15.6. The normalized spacial score (nSPS) is 16.3. The Hall–Kier alpha value is -2.82. The maximum Gasteiger partial charge on any atom is 0.422 e. The highest BCUT2D eigenvalue weighted by atomic mass is 32.2. The third-order valence-corrected chi connectivity index (χ3v) is 6.04. The summed E-state index contributed by atoms with van der Waals surface area (Å²) in [6, 6.07) is 8.50. The molecule has 28 heavy (non-hydrogen) atoms. The van der Waals surface area contributed by atoms with Gasteiger partial charge in [0.15, 0.2) is 6.61 Å². The molecule has 0 atom stereocenters. The van der Waals surface area contributed by atoms with E-state index in [1.54, 1.807) is 24.3 Å². The predicted molar refractivity (Wildman–Crippen MR) is 94.6 cm³/mol. The SMILES string of the molecule is CC1(C)C(=O)Nc2ccccc2N1S(=O)(=O)c1ccc(OCC(F)(F)F)nc1. The van der Waals surface area contributed by atoms with E-state index in [0.717, 1.165) is 22.6 Å². The molecule has 0 spiro atoms. The largest absolute Gasteiger partial charge is 0.468 e. The Morgan fingerprint density at radius 2 is 1.86 bits per heavy atom. The van der Waals surface area contributed by atoms with E-state index >= 15 is 0 Å². The Balaban J connectivity index is 1.99. The number of sulfonamides is 1. The number of hydrogen-bond acceptors (Lipinski definition) is 5. The molecule has 150 valence electrons. The minimum absolute atomic E-state index is 0.268. The molecule has 0 bridgehead atoms. The van der Waals surface area contributed by atoms with Crippen LogP contribution in [0.4, 0.5) is 24.5 Å². The van der Waals surface area contributed by atoms with E-state index in [1.807, 2.05) is 0 Å². The summed E-state index contributed by atoms with van der Waals surface area (Å²) in [6.45, 7) is 1.35. The number of benzene rings is 1. The van der Waals surface area contributed by atoms with Gasteiger partial charge < -0.3 is 10.1 Å². The van der Waals surface area contributed by atoms with Gasteiger partial charge in [-0.15, -0.1) is 0 Å². The summed E-state index contributed by atoms with van der Waals surface area (Å²) >= 11 is 0. The second-order valence-corrected chi connectivity index (χ2v) is 8.32. The number of fused-ring (bicyclic) bond motifs is 1. The Labute approximate surface area is 159 Å². The summed E-state index contributed by atoms with van der Waals surface area (Å²) in [7, 11) is -4.24. The number of halogens is 3. The second kappa shape index (κ2) is 6.66. The first-order chi connectivity index (χ1) is 12.9. The summed E-state index contributed by atoms with van der Waals surface area (Å²) in [6.07, 6.45) is -3.65. The summed E-state index contributed by atoms with van der Waals surface area (Å²) < 4.78 is 68.6. The van der Waals surface area contributed by atoms with Crippen LogP contribution in [0.1, 0.15) is 13.8 Å². The highest BCUT2D eigenvalue weighted by Gasteiger charge is 2.47. The van der Waals surface area contributed by atoms with E-state index in [9.17, 15) is 26.4 Å². The van der Waals surface area contributed by atoms with Crippen molar-refractivity contribution in [3.05, 3.63) is 42.6 Å². The molecule has 0 saturated carbocycles. The quantitative estimate of drug-likeness (QED) is 0.830. The zero-order chi connectivity index (χ0) is 20.7. The van der Waals surface area contributed by atoms with Gasteiger partial charge >= 0.3 is 6.18 Å². The van der Waals surface area contributed by atoms with E-state index in [0.29, 0.717) is 5.69 Å². The Morgan fingerprint density at radius 1 is 1.18 bits per heavy atom. The van der Waals surface area contributed by atoms with E-state index in [4.69, 9.17) is 0 Å². The fraction of sp³-hybridized carbons (Fsp3) is 0.294. The van der Waals surface area contributed by atoms with Crippen molar-refractivity contribution in [2.75, 3.05) is 16.2 Å². The Bertz CT molecular complexity index is 1010. The van der Waals surface area contributed by atoms with Crippen LogP contribution in [0.25, 0.3) is 0 Å². The van der Waals surface area contributed by atoms with Gasteiger partial charge in [-0.25, -0.2) is 17.7 Å². The van der Waals surface area contributed by atoms with Gasteiger partial charge in [0.2, 0.25) is 5.88 Å². The van der Waals surface area contributed by atoms with Gasteiger partial charge in [-0.05, 0) is 32.0 Å². The molecule has 1 aliphatic heterocycles. The summed E-state index contributed by atoms with van der Waals surface area (Å²) in [4.78, 5) is 15.8. The van der Waals surface area contributed by atoms with Crippen molar-refractivity contribution in [1.29, 1.82) is 0 Å². The third kappa shape index (κ3) is 3.61. The molecule has 1 aromatic carbocycles. The van der Waals surface area contributed by atoms with Crippen molar-refractivity contribution in [3.63, 3.8) is 0 Å². The number of hydrogen-bond donors (Lipinski definition) is 1. The van der Waals surface area contributed by atoms with E-state index < -0.39 is 34.3 Å². The van der Waals surface area contributed by atoms with Crippen molar-refractivity contribution >= 4 is 27.3 Å². The maximum atomic E-state index is 13.2. The zero-order valence-electron chi connectivity index (χ0n) is 14.8. The van der Waals surface area contributed by atoms with Crippen LogP contribution in [0.3, 0.4) is 0 Å². The lowest BCUT2D eigenvalue weighted by molar-refractivity contribution is -0.154. The predicted octanol–water partition coefficient (Wildman–Crippen LogP) is 2.95. The molecule has 1 aromatic heterocycles. The van der Waals surface area contributed by atoms with Crippen LogP contribution in [-0.4, -0.2) is 37.6 Å². The first kappa shape index (κ1) is 19.9. The minimum Gasteiger partial charge on any atom is -0.468 e. The first-order valence-corrected chi connectivity index (χ1v) is 9.48. The average molecular weight is 415 g/mol. The number of ether oxygens (including phenoxy) is 1. The molecule has 1 amide bonds. The standard InChI is InChI=1S/C17H16F3N3O4S/c1-16(2)15(24)22-12-5-3-4-6-13(12)23(16)28(25,26)11-7-8-14(21-9-11)27-10-17(18,19)20/h3-9H,10H2,1-2H3,(H,22,24). The molecule has 1 N–H and O–H groups in total. The topological polar surface area (TPSA) is 88.6 Å². The van der Waals surface area contributed by atoms with Crippen LogP contribution in [0.15, 0.2) is 47.5 Å². The van der Waals surface area contributed by atoms with E-state index in [2.05, 4.69) is 15.0 Å². The molecule has 0 fully saturated rings. The number of alkyl halides is 3. The lowest BCUT2D eigenvalue weighted by Crippen LogP contribution is -2.58. The molecule has 1 aliphatic rings. The molecule has 0 radical (unpaired) electrons. The van der Waals surface area contributed by atoms with Crippen LogP contribution in [0.2, 0.25) is 0 Å². The van der Waals surface area contributed by atoms with E-state index in [1.165, 1.54) is 13.8 Å². The van der Waals surface area contributed by atoms with Crippen molar-refractivity contribution < 1.29 is 31.1 Å². The maximum absolute atomic E-state index is 13.2. The van der Waals surface area contributed by atoms with Gasteiger partial charge in [0.25, 0.3) is 15.9 Å². The van der Waals surface area contributed by atoms with Crippen molar-refractivity contribution in [1.82, 2.24) is 4.98 Å². The van der Waals surface area contributed by atoms with Gasteiger partial charge in [-0.2, -0.15) is 13.2 Å². The number of rotatable bonds is 4. The lowest BCUT2D eigenvalue weighted by atomic mass is 10.00. The number of anilines is 2. The number of nitrogens with zero attached hydrogens (tertiary/aromatic N) is 2. The minimum atomic E-state index is -4.54. The fourth-order valence-corrected chi connectivity index (χ4v) is 4.46. The van der Waals surface area contributed by atoms with Crippen molar-refractivity contribution in [2.24, 2.45) is 0 Å². The van der Waals surface area contributed by atoms with E-state index in [-0.39, 0.29) is 16.5 Å². The smallest absolute Gasteiger partial charge is 0.422 e. The highest BCUT2D eigenvalue weighted by molar-refractivity contribution is 7.93. The van der Waals surface area contributed by atoms with Gasteiger partial charge in [-0.1, -0.05) is 12.1 Å². The fourth-order valence-electron chi connectivity index (χ4n) is 2.72.